The van der Waals surface area contributed by atoms with Crippen molar-refractivity contribution in [3.8, 4) is 0 Å². The summed E-state index contributed by atoms with van der Waals surface area (Å²) in [5.74, 6) is -1.98. The third-order valence-corrected chi connectivity index (χ3v) is 2.98. The first kappa shape index (κ1) is 15.6. The van der Waals surface area contributed by atoms with Crippen molar-refractivity contribution < 1.29 is 19.4 Å². The van der Waals surface area contributed by atoms with Gasteiger partial charge >= 0.3 is 0 Å². The molecule has 1 aromatic carbocycles. The predicted molar refractivity (Wildman–Crippen MR) is 75.2 cm³/mol. The van der Waals surface area contributed by atoms with Crippen molar-refractivity contribution in [1.82, 2.24) is 15.1 Å². The van der Waals surface area contributed by atoms with Crippen LogP contribution in [0.5, 0.6) is 0 Å². The van der Waals surface area contributed by atoms with E-state index in [1.807, 2.05) is 0 Å². The molecule has 0 fully saturated rings. The normalized spacial score (nSPS) is 10.6. The van der Waals surface area contributed by atoms with Gasteiger partial charge in [-0.05, 0) is 6.07 Å². The molecule has 22 heavy (non-hydrogen) atoms. The molecule has 8 nitrogen and oxygen atoms in total. The Kier molecular flexibility index (Phi) is 4.84. The summed E-state index contributed by atoms with van der Waals surface area (Å²) in [6, 6.07) is 6.15. The molecule has 0 aliphatic heterocycles. The molecule has 0 unspecified atom stereocenters. The molecule has 0 aliphatic carbocycles. The fourth-order valence-electron chi connectivity index (χ4n) is 1.98. The van der Waals surface area contributed by atoms with Crippen molar-refractivity contribution in [2.45, 2.75) is 6.54 Å². The molecule has 116 valence electrons. The minimum Gasteiger partial charge on any atom is -0.543 e. The van der Waals surface area contributed by atoms with Gasteiger partial charge in [0.05, 0.1) is 18.0 Å². The van der Waals surface area contributed by atoms with Crippen LogP contribution in [0.1, 0.15) is 10.5 Å². The molecular formula is C14H14N3O5-. The van der Waals surface area contributed by atoms with Crippen LogP contribution < -0.4 is 16.0 Å². The lowest BCUT2D eigenvalue weighted by Gasteiger charge is -2.11. The summed E-state index contributed by atoms with van der Waals surface area (Å²) in [5.41, 5.74) is -0.914. The summed E-state index contributed by atoms with van der Waals surface area (Å²) >= 11 is 0. The van der Waals surface area contributed by atoms with Crippen LogP contribution in [-0.4, -0.2) is 41.9 Å². The zero-order chi connectivity index (χ0) is 16.1. The highest BCUT2D eigenvalue weighted by atomic mass is 16.5. The minimum absolute atomic E-state index is 0.168. The summed E-state index contributed by atoms with van der Waals surface area (Å²) in [5, 5.41) is 17.8. The quantitative estimate of drug-likeness (QED) is 0.651. The maximum absolute atomic E-state index is 12.3. The average molecular weight is 304 g/mol. The maximum atomic E-state index is 12.3. The van der Waals surface area contributed by atoms with Crippen LogP contribution >= 0.6 is 0 Å². The van der Waals surface area contributed by atoms with Gasteiger partial charge in [-0.3, -0.25) is 9.59 Å². The molecule has 1 amide bonds. The van der Waals surface area contributed by atoms with E-state index in [0.717, 1.165) is 4.68 Å². The average Bonchev–Trinajstić information content (AvgIpc) is 2.50. The van der Waals surface area contributed by atoms with E-state index in [0.29, 0.717) is 6.61 Å². The highest BCUT2D eigenvalue weighted by molar-refractivity contribution is 6.00. The third kappa shape index (κ3) is 3.29. The van der Waals surface area contributed by atoms with Gasteiger partial charge in [0.1, 0.15) is 12.2 Å². The van der Waals surface area contributed by atoms with Crippen LogP contribution in [0.4, 0.5) is 0 Å². The van der Waals surface area contributed by atoms with Crippen LogP contribution in [0.3, 0.4) is 0 Å². The number of aromatic carboxylic acids is 1. The second kappa shape index (κ2) is 6.81. The number of carboxylic acid groups (broad SMARTS) is 1. The van der Waals surface area contributed by atoms with Gasteiger partial charge in [-0.15, -0.1) is 0 Å². The monoisotopic (exact) mass is 304 g/mol. The maximum Gasteiger partial charge on any atom is 0.275 e. The fraction of sp³-hybridized carbons (Fsp3) is 0.286. The van der Waals surface area contributed by atoms with Gasteiger partial charge in [-0.25, -0.2) is 4.68 Å². The zero-order valence-corrected chi connectivity index (χ0v) is 11.9. The van der Waals surface area contributed by atoms with Crippen molar-refractivity contribution in [1.29, 1.82) is 0 Å². The van der Waals surface area contributed by atoms with Gasteiger partial charge in [-0.2, -0.15) is 5.10 Å². The molecule has 2 rings (SSSR count). The molecular weight excluding hydrogens is 290 g/mol. The summed E-state index contributed by atoms with van der Waals surface area (Å²) in [4.78, 5) is 35.1. The minimum atomic E-state index is -1.51. The number of carbonyl (C=O) groups excluding carboxylic acids is 2. The summed E-state index contributed by atoms with van der Waals surface area (Å²) in [6.45, 7) is 0.231. The van der Waals surface area contributed by atoms with Crippen molar-refractivity contribution >= 4 is 22.6 Å². The van der Waals surface area contributed by atoms with E-state index in [1.54, 1.807) is 12.1 Å². The highest BCUT2D eigenvalue weighted by Gasteiger charge is 2.13. The Morgan fingerprint density at radius 3 is 2.64 bits per heavy atom. The number of ether oxygens (including phenoxy) is 1. The first-order chi connectivity index (χ1) is 10.5. The first-order valence-electron chi connectivity index (χ1n) is 6.51. The Morgan fingerprint density at radius 2 is 2.00 bits per heavy atom. The van der Waals surface area contributed by atoms with Gasteiger partial charge in [-0.1, -0.05) is 18.2 Å². The van der Waals surface area contributed by atoms with E-state index in [4.69, 9.17) is 4.74 Å². The van der Waals surface area contributed by atoms with E-state index >= 15 is 0 Å². The molecule has 0 aliphatic rings. The van der Waals surface area contributed by atoms with Crippen molar-refractivity contribution in [2.24, 2.45) is 0 Å². The molecule has 0 saturated carbocycles. The number of fused-ring (bicyclic) bond motifs is 1. The lowest BCUT2D eigenvalue weighted by atomic mass is 10.1. The second-order valence-electron chi connectivity index (χ2n) is 4.49. The third-order valence-electron chi connectivity index (χ3n) is 2.98. The molecule has 0 saturated heterocycles. The van der Waals surface area contributed by atoms with Crippen LogP contribution in [-0.2, 0) is 16.1 Å². The smallest absolute Gasteiger partial charge is 0.275 e. The number of nitrogens with one attached hydrogen (secondary N) is 1. The van der Waals surface area contributed by atoms with E-state index < -0.39 is 17.4 Å². The fourth-order valence-corrected chi connectivity index (χ4v) is 1.98. The van der Waals surface area contributed by atoms with Gasteiger partial charge in [0.15, 0.2) is 0 Å². The van der Waals surface area contributed by atoms with Crippen molar-refractivity contribution in [3.63, 3.8) is 0 Å². The Labute approximate surface area is 125 Å². The number of nitrogens with zero attached hydrogens (tertiary/aromatic N) is 2. The number of hydrogen-bond acceptors (Lipinski definition) is 6. The van der Waals surface area contributed by atoms with Gasteiger partial charge in [0, 0.05) is 19.0 Å². The molecule has 0 atom stereocenters. The predicted octanol–water partition coefficient (Wildman–Crippen LogP) is -1.48. The van der Waals surface area contributed by atoms with Crippen molar-refractivity contribution in [3.05, 3.63) is 40.3 Å². The van der Waals surface area contributed by atoms with E-state index in [1.165, 1.54) is 19.2 Å². The number of carboxylic acids is 1. The number of hydrogen-bond donors (Lipinski definition) is 1. The van der Waals surface area contributed by atoms with E-state index in [9.17, 15) is 19.5 Å². The number of amides is 1. The summed E-state index contributed by atoms with van der Waals surface area (Å²) in [7, 11) is 1.49. The topological polar surface area (TPSA) is 113 Å². The number of aromatic nitrogens is 2. The molecule has 1 aromatic heterocycles. The standard InChI is InChI=1S/C14H15N3O5/c1-22-7-6-15-11(18)8-17-13(19)10-5-3-2-4-9(10)12(16-17)14(20)21/h2-5H,6-8H2,1H3,(H,15,18)(H,20,21)/p-1. The Morgan fingerprint density at radius 1 is 1.32 bits per heavy atom. The molecule has 0 radical (unpaired) electrons. The van der Waals surface area contributed by atoms with Gasteiger partial charge < -0.3 is 20.0 Å². The zero-order valence-electron chi connectivity index (χ0n) is 11.9. The van der Waals surface area contributed by atoms with Crippen LogP contribution in [0, 0.1) is 0 Å². The molecule has 1 N–H and O–H groups in total. The van der Waals surface area contributed by atoms with Crippen LogP contribution in [0.25, 0.3) is 10.8 Å². The SMILES string of the molecule is COCCNC(=O)Cn1nc(C(=O)[O-])c2ccccc2c1=O. The second-order valence-corrected chi connectivity index (χ2v) is 4.49. The number of rotatable bonds is 6. The Balaban J connectivity index is 2.38. The van der Waals surface area contributed by atoms with E-state index in [-0.39, 0.29) is 29.6 Å². The van der Waals surface area contributed by atoms with Crippen molar-refractivity contribution in [2.75, 3.05) is 20.3 Å². The van der Waals surface area contributed by atoms with E-state index in [2.05, 4.69) is 10.4 Å². The van der Waals surface area contributed by atoms with Gasteiger partial charge in [0.25, 0.3) is 5.56 Å². The Bertz CT molecular complexity index is 769. The first-order valence-corrected chi connectivity index (χ1v) is 6.51. The van der Waals surface area contributed by atoms with Gasteiger partial charge in [0.2, 0.25) is 5.91 Å². The molecule has 0 spiro atoms. The molecule has 8 heteroatoms. The lowest BCUT2D eigenvalue weighted by molar-refractivity contribution is -0.255. The number of carbonyl (C=O) groups is 2. The molecule has 0 bridgehead atoms. The number of methoxy groups -OCH3 is 1. The van der Waals surface area contributed by atoms with Crippen LogP contribution in [0.2, 0.25) is 0 Å². The number of benzene rings is 1. The summed E-state index contributed by atoms with van der Waals surface area (Å²) < 4.78 is 5.60. The highest BCUT2D eigenvalue weighted by Crippen LogP contribution is 2.12. The largest absolute Gasteiger partial charge is 0.543 e. The summed E-state index contributed by atoms with van der Waals surface area (Å²) in [6.07, 6.45) is 0. The molecule has 2 aromatic rings. The lowest BCUT2D eigenvalue weighted by Crippen LogP contribution is -2.37. The Hall–Kier alpha value is -2.74. The molecule has 1 heterocycles. The van der Waals surface area contributed by atoms with Crippen LogP contribution in [0.15, 0.2) is 29.1 Å².